The van der Waals surface area contributed by atoms with Gasteiger partial charge in [0.15, 0.2) is 5.78 Å². The van der Waals surface area contributed by atoms with Crippen LogP contribution in [0.25, 0.3) is 0 Å². The highest BCUT2D eigenvalue weighted by atomic mass is 16.2. The van der Waals surface area contributed by atoms with Gasteiger partial charge in [0.25, 0.3) is 0 Å². The summed E-state index contributed by atoms with van der Waals surface area (Å²) in [7, 11) is 0. The number of anilines is 1. The third-order valence-electron chi connectivity index (χ3n) is 9.56. The molecular formula is C31H39N5O2. The lowest BCUT2D eigenvalue weighted by Crippen LogP contribution is -2.59. The van der Waals surface area contributed by atoms with E-state index in [2.05, 4.69) is 57.6 Å². The Labute approximate surface area is 225 Å². The number of nitrogens with one attached hydrogen (secondary N) is 2. The Hall–Kier alpha value is -2.95. The van der Waals surface area contributed by atoms with E-state index >= 15 is 0 Å². The topological polar surface area (TPSA) is 88.5 Å². The number of ketones is 1. The van der Waals surface area contributed by atoms with E-state index < -0.39 is 0 Å². The van der Waals surface area contributed by atoms with Gasteiger partial charge in [0.2, 0.25) is 5.91 Å². The second-order valence-electron chi connectivity index (χ2n) is 11.9. The van der Waals surface area contributed by atoms with Gasteiger partial charge < -0.3 is 15.2 Å². The summed E-state index contributed by atoms with van der Waals surface area (Å²) in [6.07, 6.45) is 11.7. The molecule has 6 atom stereocenters. The molecule has 200 valence electrons. The van der Waals surface area contributed by atoms with Crippen LogP contribution in [0.3, 0.4) is 0 Å². The maximum atomic E-state index is 13.9. The summed E-state index contributed by atoms with van der Waals surface area (Å²) in [5.41, 5.74) is 7.68. The highest BCUT2D eigenvalue weighted by molar-refractivity contribution is 5.99. The molecule has 1 aromatic rings. The second-order valence-corrected chi connectivity index (χ2v) is 11.9. The van der Waals surface area contributed by atoms with Gasteiger partial charge in [-0.3, -0.25) is 9.59 Å². The average Bonchev–Trinajstić information content (AvgIpc) is 3.74. The molecule has 0 spiro atoms. The predicted molar refractivity (Wildman–Crippen MR) is 147 cm³/mol. The maximum Gasteiger partial charge on any atom is 0.227 e. The van der Waals surface area contributed by atoms with Crippen LogP contribution >= 0.6 is 0 Å². The van der Waals surface area contributed by atoms with Crippen molar-refractivity contribution in [3.05, 3.63) is 54.1 Å². The van der Waals surface area contributed by atoms with Crippen LogP contribution in [0.15, 0.2) is 48.6 Å². The normalized spacial score (nSPS) is 34.1. The standard InChI is InChI=1S/C31H39N5O2/c1-2-26(37)17-20-3-13-27-30-28(14-4-20)35(31(38)23-7-10-24(18-32)33-19-23)16-15-29(30)36(34-27)25-11-8-22(9-12-25)21-5-6-21/h2,8-9,11-12,17,21,23-24,27-30,33-34H,1,3-7,10,13-16,19H2/b20-17+. The van der Waals surface area contributed by atoms with E-state index in [4.69, 9.17) is 0 Å². The SMILES string of the molecule is C=CC(=O)/C=C1\CCC2NN(c3ccc(C4CC4)cc3)C3CCN(C(=O)C4CCC(C#N)NC4)C(CC1)C23. The summed E-state index contributed by atoms with van der Waals surface area (Å²) in [6.45, 7) is 4.97. The molecule has 0 aromatic heterocycles. The number of carbonyl (C=O) groups excluding carboxylic acids is 2. The molecule has 3 saturated heterocycles. The average molecular weight is 514 g/mol. The van der Waals surface area contributed by atoms with Crippen LogP contribution in [0.1, 0.15) is 69.3 Å². The highest BCUT2D eigenvalue weighted by Gasteiger charge is 2.52. The lowest BCUT2D eigenvalue weighted by atomic mass is 9.74. The molecule has 5 fully saturated rings. The van der Waals surface area contributed by atoms with Gasteiger partial charge in [-0.25, -0.2) is 5.43 Å². The number of likely N-dealkylation sites (tertiary alicyclic amines) is 1. The van der Waals surface area contributed by atoms with Gasteiger partial charge in [0, 0.05) is 31.1 Å². The molecule has 3 heterocycles. The lowest BCUT2D eigenvalue weighted by molar-refractivity contribution is -0.142. The Bertz CT molecular complexity index is 1140. The van der Waals surface area contributed by atoms with Crippen LogP contribution in [0.5, 0.6) is 0 Å². The van der Waals surface area contributed by atoms with Crippen LogP contribution in [-0.4, -0.2) is 53.8 Å². The first-order valence-corrected chi connectivity index (χ1v) is 14.5. The number of nitrogens with zero attached hydrogens (tertiary/aromatic N) is 3. The van der Waals surface area contributed by atoms with E-state index in [1.54, 1.807) is 6.08 Å². The fourth-order valence-electron chi connectivity index (χ4n) is 7.38. The summed E-state index contributed by atoms with van der Waals surface area (Å²) < 4.78 is 0. The first-order valence-electron chi connectivity index (χ1n) is 14.5. The number of nitriles is 1. The van der Waals surface area contributed by atoms with Crippen LogP contribution in [0.2, 0.25) is 0 Å². The maximum absolute atomic E-state index is 13.9. The Morgan fingerprint density at radius 1 is 1.00 bits per heavy atom. The third kappa shape index (κ3) is 4.92. The molecule has 6 unspecified atom stereocenters. The van der Waals surface area contributed by atoms with Gasteiger partial charge in [0.05, 0.1) is 29.8 Å². The first-order chi connectivity index (χ1) is 18.6. The van der Waals surface area contributed by atoms with E-state index in [9.17, 15) is 14.9 Å². The number of rotatable bonds is 5. The monoisotopic (exact) mass is 513 g/mol. The zero-order valence-electron chi connectivity index (χ0n) is 22.1. The van der Waals surface area contributed by atoms with Gasteiger partial charge in [-0.1, -0.05) is 24.3 Å². The molecule has 2 N–H and O–H groups in total. The summed E-state index contributed by atoms with van der Waals surface area (Å²) in [5, 5.41) is 14.9. The molecule has 1 amide bonds. The summed E-state index contributed by atoms with van der Waals surface area (Å²) in [6, 6.07) is 12.0. The molecule has 6 rings (SSSR count). The number of hydrazine groups is 1. The molecule has 3 aliphatic heterocycles. The van der Waals surface area contributed by atoms with Crippen molar-refractivity contribution >= 4 is 17.4 Å². The van der Waals surface area contributed by atoms with Crippen molar-refractivity contribution in [1.82, 2.24) is 15.6 Å². The van der Waals surface area contributed by atoms with Crippen molar-refractivity contribution in [2.75, 3.05) is 18.1 Å². The minimum Gasteiger partial charge on any atom is -0.339 e. The van der Waals surface area contributed by atoms with Crippen molar-refractivity contribution in [3.8, 4) is 6.07 Å². The number of hydrogen-bond donors (Lipinski definition) is 2. The smallest absolute Gasteiger partial charge is 0.227 e. The lowest BCUT2D eigenvalue weighted by Gasteiger charge is -2.47. The van der Waals surface area contributed by atoms with E-state index in [0.29, 0.717) is 18.5 Å². The molecule has 38 heavy (non-hydrogen) atoms. The Balaban J connectivity index is 1.26. The Morgan fingerprint density at radius 2 is 1.79 bits per heavy atom. The highest BCUT2D eigenvalue weighted by Crippen LogP contribution is 2.44. The molecular weight excluding hydrogens is 474 g/mol. The second kappa shape index (κ2) is 10.7. The number of carbonyl (C=O) groups is 2. The van der Waals surface area contributed by atoms with Crippen molar-refractivity contribution in [1.29, 1.82) is 5.26 Å². The molecule has 7 heteroatoms. The largest absolute Gasteiger partial charge is 0.339 e. The van der Waals surface area contributed by atoms with Crippen molar-refractivity contribution in [3.63, 3.8) is 0 Å². The minimum atomic E-state index is -0.149. The summed E-state index contributed by atoms with van der Waals surface area (Å²) >= 11 is 0. The number of allylic oxidation sites excluding steroid dienone is 3. The Morgan fingerprint density at radius 3 is 2.47 bits per heavy atom. The van der Waals surface area contributed by atoms with E-state index in [-0.39, 0.29) is 35.7 Å². The fraction of sp³-hybridized carbons (Fsp3) is 0.581. The first kappa shape index (κ1) is 25.3. The zero-order chi connectivity index (χ0) is 26.2. The van der Waals surface area contributed by atoms with E-state index in [0.717, 1.165) is 63.0 Å². The number of hydrogen-bond acceptors (Lipinski definition) is 6. The van der Waals surface area contributed by atoms with Gasteiger partial charge >= 0.3 is 0 Å². The van der Waals surface area contributed by atoms with Crippen LogP contribution in [-0.2, 0) is 9.59 Å². The van der Waals surface area contributed by atoms with Crippen LogP contribution in [0.4, 0.5) is 5.69 Å². The number of benzene rings is 1. The molecule has 5 aliphatic rings. The quantitative estimate of drug-likeness (QED) is 0.579. The Kier molecular flexibility index (Phi) is 7.11. The number of piperidine rings is 2. The zero-order valence-corrected chi connectivity index (χ0v) is 22.1. The van der Waals surface area contributed by atoms with Crippen molar-refractivity contribution < 1.29 is 9.59 Å². The van der Waals surface area contributed by atoms with Gasteiger partial charge in [-0.15, -0.1) is 0 Å². The van der Waals surface area contributed by atoms with Crippen LogP contribution in [0, 0.1) is 23.2 Å². The van der Waals surface area contributed by atoms with Crippen LogP contribution < -0.4 is 15.8 Å². The fourth-order valence-corrected chi connectivity index (χ4v) is 7.38. The van der Waals surface area contributed by atoms with Crippen molar-refractivity contribution in [2.45, 2.75) is 87.9 Å². The molecule has 2 saturated carbocycles. The summed E-state index contributed by atoms with van der Waals surface area (Å²) in [5.74, 6) is 1.21. The van der Waals surface area contributed by atoms with E-state index in [1.807, 2.05) is 0 Å². The molecule has 0 radical (unpaired) electrons. The van der Waals surface area contributed by atoms with Gasteiger partial charge in [-0.05, 0) is 93.6 Å². The third-order valence-corrected chi connectivity index (χ3v) is 9.56. The molecule has 2 aliphatic carbocycles. The summed E-state index contributed by atoms with van der Waals surface area (Å²) in [4.78, 5) is 28.2. The van der Waals surface area contributed by atoms with Gasteiger partial charge in [0.1, 0.15) is 0 Å². The van der Waals surface area contributed by atoms with Gasteiger partial charge in [-0.2, -0.15) is 5.26 Å². The molecule has 0 bridgehead atoms. The minimum absolute atomic E-state index is 0.0383. The molecule has 7 nitrogen and oxygen atoms in total. The van der Waals surface area contributed by atoms with E-state index in [1.165, 1.54) is 30.2 Å². The number of amides is 1. The predicted octanol–water partition coefficient (Wildman–Crippen LogP) is 3.99. The molecule has 1 aromatic carbocycles. The van der Waals surface area contributed by atoms with Crippen molar-refractivity contribution in [2.24, 2.45) is 11.8 Å².